The Balaban J connectivity index is 1.91. The van der Waals surface area contributed by atoms with E-state index in [-0.39, 0.29) is 17.2 Å². The summed E-state index contributed by atoms with van der Waals surface area (Å²) in [6, 6.07) is 7.30. The molecule has 0 fully saturated rings. The Bertz CT molecular complexity index is 1100. The molecule has 0 bridgehead atoms. The number of benzene rings is 2. The van der Waals surface area contributed by atoms with Crippen molar-refractivity contribution in [2.24, 2.45) is 0 Å². The third kappa shape index (κ3) is 4.50. The standard InChI is InChI=1S/C20H18N4O7/c1-11(2)10-22-17-5-4-14(8-18(17)31-12(3)20(22)26)21-19(25)13-6-15(23(27)28)9-16(7-13)24(29)30/h4-9,12H,1,10H2,2-3H3,(H,21,25). The Kier molecular flexibility index (Phi) is 5.68. The van der Waals surface area contributed by atoms with E-state index in [0.29, 0.717) is 18.0 Å². The molecule has 0 spiro atoms. The number of rotatable bonds is 6. The minimum Gasteiger partial charge on any atom is -0.479 e. The molecule has 1 heterocycles. The van der Waals surface area contributed by atoms with Crippen LogP contribution < -0.4 is 15.0 Å². The molecule has 0 aliphatic carbocycles. The third-order valence-corrected chi connectivity index (χ3v) is 4.44. The summed E-state index contributed by atoms with van der Waals surface area (Å²) in [4.78, 5) is 47.0. The van der Waals surface area contributed by atoms with Gasteiger partial charge in [-0.1, -0.05) is 12.2 Å². The number of nitrogens with zero attached hydrogens (tertiary/aromatic N) is 3. The van der Waals surface area contributed by atoms with E-state index in [1.807, 2.05) is 0 Å². The molecule has 1 unspecified atom stereocenters. The smallest absolute Gasteiger partial charge is 0.277 e. The van der Waals surface area contributed by atoms with Gasteiger partial charge in [0.2, 0.25) is 0 Å². The maximum absolute atomic E-state index is 12.6. The number of nitro groups is 2. The molecular formula is C20H18N4O7. The Hall–Kier alpha value is -4.28. The van der Waals surface area contributed by atoms with Gasteiger partial charge in [-0.15, -0.1) is 0 Å². The summed E-state index contributed by atoms with van der Waals surface area (Å²) in [5.41, 5.74) is 0.182. The average molecular weight is 426 g/mol. The van der Waals surface area contributed by atoms with Gasteiger partial charge in [0.25, 0.3) is 23.2 Å². The molecule has 160 valence electrons. The van der Waals surface area contributed by atoms with Gasteiger partial charge in [-0.25, -0.2) is 0 Å². The first-order valence-corrected chi connectivity index (χ1v) is 9.08. The van der Waals surface area contributed by atoms with Gasteiger partial charge in [0.05, 0.1) is 27.2 Å². The predicted molar refractivity (Wildman–Crippen MR) is 111 cm³/mol. The Labute approximate surface area is 176 Å². The van der Waals surface area contributed by atoms with E-state index in [2.05, 4.69) is 11.9 Å². The lowest BCUT2D eigenvalue weighted by atomic mass is 10.1. The van der Waals surface area contributed by atoms with Crippen LogP contribution in [0.5, 0.6) is 5.75 Å². The second-order valence-corrected chi connectivity index (χ2v) is 7.03. The molecule has 2 amide bonds. The number of nitrogens with one attached hydrogen (secondary N) is 1. The first-order chi connectivity index (χ1) is 14.6. The van der Waals surface area contributed by atoms with Crippen molar-refractivity contribution >= 4 is 34.6 Å². The highest BCUT2D eigenvalue weighted by molar-refractivity contribution is 6.06. The number of hydrogen-bond donors (Lipinski definition) is 1. The van der Waals surface area contributed by atoms with E-state index in [0.717, 1.165) is 23.8 Å². The lowest BCUT2D eigenvalue weighted by Gasteiger charge is -2.33. The highest BCUT2D eigenvalue weighted by Gasteiger charge is 2.31. The molecule has 11 nitrogen and oxygen atoms in total. The van der Waals surface area contributed by atoms with Crippen LogP contribution in [0.15, 0.2) is 48.6 Å². The van der Waals surface area contributed by atoms with E-state index in [4.69, 9.17) is 4.74 Å². The van der Waals surface area contributed by atoms with E-state index in [9.17, 15) is 29.8 Å². The van der Waals surface area contributed by atoms with Gasteiger partial charge in [-0.3, -0.25) is 29.8 Å². The largest absolute Gasteiger partial charge is 0.479 e. The summed E-state index contributed by atoms with van der Waals surface area (Å²) >= 11 is 0. The highest BCUT2D eigenvalue weighted by Crippen LogP contribution is 2.37. The van der Waals surface area contributed by atoms with Crippen LogP contribution in [0.3, 0.4) is 0 Å². The normalized spacial score (nSPS) is 15.0. The summed E-state index contributed by atoms with van der Waals surface area (Å²) in [6.45, 7) is 7.52. The first kappa shape index (κ1) is 21.4. The van der Waals surface area contributed by atoms with Crippen LogP contribution in [0, 0.1) is 20.2 Å². The number of amides is 2. The van der Waals surface area contributed by atoms with Crippen molar-refractivity contribution in [2.75, 3.05) is 16.8 Å². The summed E-state index contributed by atoms with van der Waals surface area (Å²) in [5.74, 6) is -0.641. The van der Waals surface area contributed by atoms with Crippen LogP contribution in [0.2, 0.25) is 0 Å². The van der Waals surface area contributed by atoms with Crippen LogP contribution in [-0.4, -0.2) is 34.3 Å². The van der Waals surface area contributed by atoms with E-state index < -0.39 is 33.2 Å². The maximum atomic E-state index is 12.6. The molecule has 0 aromatic heterocycles. The maximum Gasteiger partial charge on any atom is 0.277 e. The number of carbonyl (C=O) groups excluding carboxylic acids is 2. The monoisotopic (exact) mass is 426 g/mol. The quantitative estimate of drug-likeness (QED) is 0.423. The zero-order chi connectivity index (χ0) is 22.9. The minimum absolute atomic E-state index is 0.226. The second-order valence-electron chi connectivity index (χ2n) is 7.03. The molecule has 1 aliphatic heterocycles. The van der Waals surface area contributed by atoms with E-state index in [1.165, 1.54) is 17.0 Å². The lowest BCUT2D eigenvalue weighted by molar-refractivity contribution is -0.394. The molecule has 0 radical (unpaired) electrons. The van der Waals surface area contributed by atoms with Gasteiger partial charge < -0.3 is 15.0 Å². The molecule has 1 atom stereocenters. The van der Waals surface area contributed by atoms with Gasteiger partial charge in [0.15, 0.2) is 6.10 Å². The molecule has 31 heavy (non-hydrogen) atoms. The van der Waals surface area contributed by atoms with Gasteiger partial charge in [-0.2, -0.15) is 0 Å². The highest BCUT2D eigenvalue weighted by atomic mass is 16.6. The second kappa shape index (κ2) is 8.22. The van der Waals surface area contributed by atoms with E-state index in [1.54, 1.807) is 19.9 Å². The van der Waals surface area contributed by atoms with Gasteiger partial charge >= 0.3 is 0 Å². The molecule has 0 saturated carbocycles. The van der Waals surface area contributed by atoms with Gasteiger partial charge in [0.1, 0.15) is 5.75 Å². The average Bonchev–Trinajstić information content (AvgIpc) is 2.70. The fraction of sp³-hybridized carbons (Fsp3) is 0.200. The minimum atomic E-state index is -0.814. The third-order valence-electron chi connectivity index (χ3n) is 4.44. The van der Waals surface area contributed by atoms with Crippen LogP contribution in [0.4, 0.5) is 22.7 Å². The fourth-order valence-corrected chi connectivity index (χ4v) is 3.06. The van der Waals surface area contributed by atoms with Crippen LogP contribution in [0.1, 0.15) is 24.2 Å². The topological polar surface area (TPSA) is 145 Å². The van der Waals surface area contributed by atoms with Crippen molar-refractivity contribution in [1.82, 2.24) is 0 Å². The molecular weight excluding hydrogens is 408 g/mol. The van der Waals surface area contributed by atoms with E-state index >= 15 is 0 Å². The Morgan fingerprint density at radius 1 is 1.16 bits per heavy atom. The molecule has 2 aromatic rings. The number of carbonyl (C=O) groups is 2. The molecule has 11 heteroatoms. The molecule has 1 aliphatic rings. The van der Waals surface area contributed by atoms with Crippen LogP contribution >= 0.6 is 0 Å². The first-order valence-electron chi connectivity index (χ1n) is 9.08. The predicted octanol–water partition coefficient (Wildman–Crippen LogP) is 3.45. The van der Waals surface area contributed by atoms with Crippen molar-refractivity contribution < 1.29 is 24.2 Å². The zero-order valence-corrected chi connectivity index (χ0v) is 16.7. The fourth-order valence-electron chi connectivity index (χ4n) is 3.06. The van der Waals surface area contributed by atoms with Crippen LogP contribution in [-0.2, 0) is 4.79 Å². The number of hydrogen-bond acceptors (Lipinski definition) is 7. The number of ether oxygens (including phenoxy) is 1. The SMILES string of the molecule is C=C(C)CN1C(=O)C(C)Oc2cc(NC(=O)c3cc([N+](=O)[O-])cc([N+](=O)[O-])c3)ccc21. The van der Waals surface area contributed by atoms with Crippen molar-refractivity contribution in [3.63, 3.8) is 0 Å². The van der Waals surface area contributed by atoms with Gasteiger partial charge in [0, 0.05) is 30.4 Å². The number of nitro benzene ring substituents is 2. The van der Waals surface area contributed by atoms with Crippen molar-refractivity contribution in [2.45, 2.75) is 20.0 Å². The van der Waals surface area contributed by atoms with Crippen molar-refractivity contribution in [3.8, 4) is 5.75 Å². The number of anilines is 2. The van der Waals surface area contributed by atoms with Crippen molar-refractivity contribution in [3.05, 3.63) is 74.3 Å². The zero-order valence-electron chi connectivity index (χ0n) is 16.7. The summed E-state index contributed by atoms with van der Waals surface area (Å²) in [6.07, 6.45) is -0.739. The molecule has 3 rings (SSSR count). The number of fused-ring (bicyclic) bond motifs is 1. The van der Waals surface area contributed by atoms with Gasteiger partial charge in [-0.05, 0) is 26.0 Å². The Morgan fingerprint density at radius 3 is 2.32 bits per heavy atom. The van der Waals surface area contributed by atoms with Crippen molar-refractivity contribution in [1.29, 1.82) is 0 Å². The summed E-state index contributed by atoms with van der Waals surface area (Å²) < 4.78 is 5.63. The molecule has 0 saturated heterocycles. The lowest BCUT2D eigenvalue weighted by Crippen LogP contribution is -2.45. The Morgan fingerprint density at radius 2 is 1.77 bits per heavy atom. The summed E-state index contributed by atoms with van der Waals surface area (Å²) in [5, 5.41) is 24.6. The summed E-state index contributed by atoms with van der Waals surface area (Å²) in [7, 11) is 0. The molecule has 2 aromatic carbocycles. The van der Waals surface area contributed by atoms with Crippen LogP contribution in [0.25, 0.3) is 0 Å². The number of non-ortho nitro benzene ring substituents is 2. The molecule has 1 N–H and O–H groups in total.